The zero-order valence-corrected chi connectivity index (χ0v) is 18.6. The summed E-state index contributed by atoms with van der Waals surface area (Å²) in [5.74, 6) is -2.31. The second kappa shape index (κ2) is 9.81. The number of benzene rings is 1. The molecule has 6 nitrogen and oxygen atoms in total. The number of nitrogens with one attached hydrogen (secondary N) is 3. The normalized spacial score (nSPS) is 21.7. The molecule has 2 aliphatic rings. The first-order valence-electron chi connectivity index (χ1n) is 10.8. The van der Waals surface area contributed by atoms with E-state index in [-0.39, 0.29) is 34.3 Å². The summed E-state index contributed by atoms with van der Waals surface area (Å²) in [4.78, 5) is 19.9. The minimum Gasteiger partial charge on any atom is -0.483 e. The molecule has 0 aliphatic heterocycles. The predicted molar refractivity (Wildman–Crippen MR) is 117 cm³/mol. The molecule has 34 heavy (non-hydrogen) atoms. The minimum absolute atomic E-state index is 0.00416. The van der Waals surface area contributed by atoms with E-state index in [9.17, 15) is 26.7 Å². The van der Waals surface area contributed by atoms with Crippen molar-refractivity contribution in [1.82, 2.24) is 15.3 Å². The van der Waals surface area contributed by atoms with Gasteiger partial charge < -0.3 is 20.4 Å². The molecule has 2 atom stereocenters. The van der Waals surface area contributed by atoms with E-state index in [2.05, 4.69) is 20.6 Å². The van der Waals surface area contributed by atoms with Crippen molar-refractivity contribution >= 4 is 34.5 Å². The summed E-state index contributed by atoms with van der Waals surface area (Å²) in [7, 11) is 0. The highest BCUT2D eigenvalue weighted by Gasteiger charge is 2.32. The van der Waals surface area contributed by atoms with Gasteiger partial charge in [0.05, 0.1) is 16.6 Å². The molecule has 3 N–H and O–H groups in total. The van der Waals surface area contributed by atoms with E-state index in [0.29, 0.717) is 0 Å². The molecule has 12 heteroatoms. The van der Waals surface area contributed by atoms with Crippen molar-refractivity contribution in [3.05, 3.63) is 41.5 Å². The van der Waals surface area contributed by atoms with Crippen LogP contribution in [0.15, 0.2) is 35.9 Å². The number of amides is 1. The lowest BCUT2D eigenvalue weighted by atomic mass is 9.95. The summed E-state index contributed by atoms with van der Waals surface area (Å²) in [5, 5.41) is 4.18. The molecule has 2 aliphatic carbocycles. The molecule has 0 bridgehead atoms. The number of ether oxygens (including phenoxy) is 1. The first-order chi connectivity index (χ1) is 16.1. The highest BCUT2D eigenvalue weighted by atomic mass is 35.5. The highest BCUT2D eigenvalue weighted by Crippen LogP contribution is 2.31. The Balaban J connectivity index is 1.62. The Morgan fingerprint density at radius 1 is 1.15 bits per heavy atom. The van der Waals surface area contributed by atoms with Gasteiger partial charge in [-0.15, -0.1) is 11.6 Å². The summed E-state index contributed by atoms with van der Waals surface area (Å²) < 4.78 is 71.2. The first kappa shape index (κ1) is 24.3. The summed E-state index contributed by atoms with van der Waals surface area (Å²) >= 11 is 5.94. The molecule has 1 saturated carbocycles. The van der Waals surface area contributed by atoms with Crippen molar-refractivity contribution in [1.29, 1.82) is 0 Å². The van der Waals surface area contributed by atoms with E-state index < -0.39 is 41.8 Å². The average molecular weight is 505 g/mol. The van der Waals surface area contributed by atoms with Crippen LogP contribution in [0.5, 0.6) is 5.75 Å². The van der Waals surface area contributed by atoms with Gasteiger partial charge in [-0.3, -0.25) is 4.79 Å². The third-order valence-electron chi connectivity index (χ3n) is 5.71. The molecular weight excluding hydrogens is 483 g/mol. The molecule has 1 heterocycles. The van der Waals surface area contributed by atoms with Gasteiger partial charge in [0.2, 0.25) is 5.95 Å². The van der Waals surface area contributed by atoms with Gasteiger partial charge in [0.25, 0.3) is 5.91 Å². The number of hydrogen-bond donors (Lipinski definition) is 3. The maximum absolute atomic E-state index is 14.2. The Kier molecular flexibility index (Phi) is 7.01. The quantitative estimate of drug-likeness (QED) is 0.349. The molecule has 0 saturated heterocycles. The topological polar surface area (TPSA) is 79.0 Å². The van der Waals surface area contributed by atoms with Crippen LogP contribution in [0.1, 0.15) is 42.5 Å². The van der Waals surface area contributed by atoms with Crippen LogP contribution in [0.3, 0.4) is 0 Å². The fourth-order valence-corrected chi connectivity index (χ4v) is 4.27. The number of carbonyl (C=O) groups is 1. The number of imidazole rings is 1. The maximum atomic E-state index is 14.2. The van der Waals surface area contributed by atoms with Crippen molar-refractivity contribution in [2.75, 3.05) is 11.9 Å². The number of aromatic nitrogens is 2. The zero-order valence-electron chi connectivity index (χ0n) is 17.8. The first-order valence-corrected chi connectivity index (χ1v) is 11.2. The second-order valence-electron chi connectivity index (χ2n) is 8.29. The lowest BCUT2D eigenvalue weighted by Crippen LogP contribution is -2.36. The lowest BCUT2D eigenvalue weighted by molar-refractivity contribution is -0.153. The molecule has 1 aromatic carbocycles. The third kappa shape index (κ3) is 5.63. The van der Waals surface area contributed by atoms with Crippen molar-refractivity contribution in [3.8, 4) is 5.75 Å². The molecule has 0 spiro atoms. The van der Waals surface area contributed by atoms with Gasteiger partial charge in [0.1, 0.15) is 28.8 Å². The molecule has 0 radical (unpaired) electrons. The fourth-order valence-electron chi connectivity index (χ4n) is 4.02. The number of rotatable bonds is 6. The Morgan fingerprint density at radius 3 is 2.56 bits per heavy atom. The Hall–Kier alpha value is -2.82. The van der Waals surface area contributed by atoms with E-state index in [4.69, 9.17) is 16.3 Å². The van der Waals surface area contributed by atoms with Gasteiger partial charge in [0, 0.05) is 12.1 Å². The van der Waals surface area contributed by atoms with Crippen LogP contribution < -0.4 is 15.4 Å². The zero-order chi connectivity index (χ0) is 24.5. The number of H-pyrrole nitrogens is 1. The number of aromatic amines is 1. The highest BCUT2D eigenvalue weighted by molar-refractivity contribution is 6.23. The SMILES string of the molecule is O=C(NC1CCCCC1)c1cc2[nH]c(NC3C(F)=CC=C(F)C3Cl)nc2cc1OCC(F)(F)F. The Labute approximate surface area is 196 Å². The third-order valence-corrected chi connectivity index (χ3v) is 6.17. The van der Waals surface area contributed by atoms with Crippen LogP contribution in [0.2, 0.25) is 0 Å². The predicted octanol–water partition coefficient (Wildman–Crippen LogP) is 5.67. The second-order valence-corrected chi connectivity index (χ2v) is 8.76. The summed E-state index contributed by atoms with van der Waals surface area (Å²) in [6, 6.07) is 1.20. The monoisotopic (exact) mass is 504 g/mol. The van der Waals surface area contributed by atoms with Crippen molar-refractivity contribution in [3.63, 3.8) is 0 Å². The molecule has 4 rings (SSSR count). The Bertz CT molecular complexity index is 1120. The smallest absolute Gasteiger partial charge is 0.422 e. The lowest BCUT2D eigenvalue weighted by Gasteiger charge is -2.23. The van der Waals surface area contributed by atoms with Crippen LogP contribution in [-0.2, 0) is 0 Å². The summed E-state index contributed by atoms with van der Waals surface area (Å²) in [5.41, 5.74) is 0.361. The number of anilines is 1. The van der Waals surface area contributed by atoms with E-state index in [0.717, 1.165) is 44.3 Å². The molecule has 1 amide bonds. The number of nitrogens with zero attached hydrogens (tertiary/aromatic N) is 1. The van der Waals surface area contributed by atoms with Gasteiger partial charge in [-0.05, 0) is 31.1 Å². The van der Waals surface area contributed by atoms with Crippen molar-refractivity contribution < 1.29 is 31.5 Å². The molecule has 2 unspecified atom stereocenters. The van der Waals surface area contributed by atoms with Gasteiger partial charge >= 0.3 is 6.18 Å². The van der Waals surface area contributed by atoms with Crippen LogP contribution in [0, 0.1) is 0 Å². The van der Waals surface area contributed by atoms with Crippen molar-refractivity contribution in [2.45, 2.75) is 55.7 Å². The molecular formula is C22H22ClF5N4O2. The van der Waals surface area contributed by atoms with Gasteiger partial charge in [0.15, 0.2) is 6.61 Å². The van der Waals surface area contributed by atoms with Gasteiger partial charge in [-0.1, -0.05) is 19.3 Å². The fraction of sp³-hybridized carbons (Fsp3) is 0.455. The minimum atomic E-state index is -4.61. The van der Waals surface area contributed by atoms with E-state index in [1.807, 2.05) is 0 Å². The van der Waals surface area contributed by atoms with Crippen LogP contribution in [-0.4, -0.2) is 46.1 Å². The van der Waals surface area contributed by atoms with Gasteiger partial charge in [-0.25, -0.2) is 13.8 Å². The number of halogens is 6. The maximum Gasteiger partial charge on any atom is 0.422 e. The number of carbonyl (C=O) groups excluding carboxylic acids is 1. The number of alkyl halides is 4. The van der Waals surface area contributed by atoms with Crippen LogP contribution in [0.25, 0.3) is 11.0 Å². The summed E-state index contributed by atoms with van der Waals surface area (Å²) in [6.07, 6.45) is 1.81. The molecule has 1 aromatic heterocycles. The summed E-state index contributed by atoms with van der Waals surface area (Å²) in [6.45, 7) is -1.59. The number of allylic oxidation sites excluding steroid dienone is 2. The largest absolute Gasteiger partial charge is 0.483 e. The van der Waals surface area contributed by atoms with Gasteiger partial charge in [-0.2, -0.15) is 13.2 Å². The van der Waals surface area contributed by atoms with Crippen LogP contribution >= 0.6 is 11.6 Å². The van der Waals surface area contributed by atoms with E-state index in [1.54, 1.807) is 0 Å². The molecule has 184 valence electrons. The molecule has 1 fully saturated rings. The average Bonchev–Trinajstić information content (AvgIpc) is 3.19. The van der Waals surface area contributed by atoms with Crippen molar-refractivity contribution in [2.24, 2.45) is 0 Å². The standard InChI is InChI=1S/C22H22ClF5N4O2/c23-18-13(24)6-7-14(25)19(18)32-21-30-15-8-12(20(33)29-11-4-2-1-3-5-11)17(9-16(15)31-21)34-10-22(26,27)28/h6-9,11,18-19H,1-5,10H2,(H,29,33)(H2,30,31,32). The Morgan fingerprint density at radius 2 is 1.85 bits per heavy atom. The molecule has 2 aromatic rings. The number of fused-ring (bicyclic) bond motifs is 1. The van der Waals surface area contributed by atoms with E-state index >= 15 is 0 Å². The van der Waals surface area contributed by atoms with E-state index in [1.165, 1.54) is 12.1 Å². The van der Waals surface area contributed by atoms with Crippen LogP contribution in [0.4, 0.5) is 27.9 Å². The number of hydrogen-bond acceptors (Lipinski definition) is 4.